The normalized spacial score (nSPS) is 13.9. The number of hydrogen-bond donors (Lipinski definition) is 1. The van der Waals surface area contributed by atoms with Crippen LogP contribution in [-0.4, -0.2) is 0 Å². The van der Waals surface area contributed by atoms with Crippen molar-refractivity contribution in [3.63, 3.8) is 0 Å². The van der Waals surface area contributed by atoms with Gasteiger partial charge in [0.25, 0.3) is 0 Å². The molecule has 1 aliphatic rings. The first-order chi connectivity index (χ1) is 9.31. The second-order valence-corrected chi connectivity index (χ2v) is 5.17. The molecule has 2 N–H and O–H groups in total. The Labute approximate surface area is 114 Å². The first kappa shape index (κ1) is 12.1. The van der Waals surface area contributed by atoms with Crippen LogP contribution < -0.4 is 10.5 Å². The van der Waals surface area contributed by atoms with Crippen molar-refractivity contribution in [2.24, 2.45) is 0 Å². The largest absolute Gasteiger partial charge is 0.489 e. The minimum atomic E-state index is 0.596. The molecule has 0 atom stereocenters. The lowest BCUT2D eigenvalue weighted by molar-refractivity contribution is 0.305. The minimum Gasteiger partial charge on any atom is -0.489 e. The summed E-state index contributed by atoms with van der Waals surface area (Å²) in [7, 11) is 0. The van der Waals surface area contributed by atoms with Crippen LogP contribution in [0.1, 0.15) is 29.5 Å². The lowest BCUT2D eigenvalue weighted by Crippen LogP contribution is -2.03. The first-order valence-corrected chi connectivity index (χ1v) is 6.90. The molecule has 0 heterocycles. The van der Waals surface area contributed by atoms with Crippen LogP contribution in [0.5, 0.6) is 5.75 Å². The molecule has 0 amide bonds. The highest BCUT2D eigenvalue weighted by molar-refractivity contribution is 5.40. The molecule has 0 saturated heterocycles. The fraction of sp³-hybridized carbons (Fsp3) is 0.294. The summed E-state index contributed by atoms with van der Waals surface area (Å²) in [6.07, 6.45) is 5.02. The third kappa shape index (κ3) is 2.90. The van der Waals surface area contributed by atoms with Gasteiger partial charge in [-0.25, -0.2) is 0 Å². The maximum absolute atomic E-state index is 5.86. The van der Waals surface area contributed by atoms with Crippen LogP contribution in [0.4, 0.5) is 5.69 Å². The van der Waals surface area contributed by atoms with Crippen molar-refractivity contribution in [3.8, 4) is 5.75 Å². The van der Waals surface area contributed by atoms with E-state index in [0.717, 1.165) is 17.0 Å². The van der Waals surface area contributed by atoms with Crippen LogP contribution in [0.3, 0.4) is 0 Å². The van der Waals surface area contributed by atoms with Crippen molar-refractivity contribution in [1.82, 2.24) is 0 Å². The van der Waals surface area contributed by atoms with Crippen molar-refractivity contribution < 1.29 is 4.74 Å². The van der Waals surface area contributed by atoms with Gasteiger partial charge >= 0.3 is 0 Å². The van der Waals surface area contributed by atoms with Crippen LogP contribution in [0.15, 0.2) is 42.5 Å². The highest BCUT2D eigenvalue weighted by atomic mass is 16.5. The Bertz CT molecular complexity index is 560. The number of benzene rings is 2. The van der Waals surface area contributed by atoms with E-state index in [1.807, 2.05) is 24.3 Å². The van der Waals surface area contributed by atoms with Gasteiger partial charge in [-0.05, 0) is 66.6 Å². The molecule has 3 rings (SSSR count). The SMILES string of the molecule is Nc1ccc(COc2ccc3c(c2)CCCC3)cc1. The Hall–Kier alpha value is -1.96. The van der Waals surface area contributed by atoms with E-state index in [1.165, 1.54) is 36.8 Å². The molecule has 0 unspecified atom stereocenters. The monoisotopic (exact) mass is 253 g/mol. The van der Waals surface area contributed by atoms with Crippen LogP contribution in [0.25, 0.3) is 0 Å². The smallest absolute Gasteiger partial charge is 0.120 e. The molecule has 2 nitrogen and oxygen atoms in total. The predicted octanol–water partition coefficient (Wildman–Crippen LogP) is 3.73. The number of nitrogens with two attached hydrogens (primary N) is 1. The Morgan fingerprint density at radius 2 is 1.63 bits per heavy atom. The fourth-order valence-electron chi connectivity index (χ4n) is 2.58. The molecule has 2 heteroatoms. The summed E-state index contributed by atoms with van der Waals surface area (Å²) in [4.78, 5) is 0. The quantitative estimate of drug-likeness (QED) is 0.846. The van der Waals surface area contributed by atoms with Gasteiger partial charge in [-0.2, -0.15) is 0 Å². The van der Waals surface area contributed by atoms with E-state index in [-0.39, 0.29) is 0 Å². The third-order valence-electron chi connectivity index (χ3n) is 3.71. The summed E-state index contributed by atoms with van der Waals surface area (Å²) < 4.78 is 5.86. The second kappa shape index (κ2) is 5.35. The highest BCUT2D eigenvalue weighted by Gasteiger charge is 2.09. The second-order valence-electron chi connectivity index (χ2n) is 5.17. The molecule has 0 radical (unpaired) electrons. The van der Waals surface area contributed by atoms with Gasteiger partial charge in [0.15, 0.2) is 0 Å². The van der Waals surface area contributed by atoms with Gasteiger partial charge in [0.1, 0.15) is 12.4 Å². The maximum atomic E-state index is 5.86. The molecule has 0 spiro atoms. The molecule has 0 saturated carbocycles. The van der Waals surface area contributed by atoms with Gasteiger partial charge in [0.2, 0.25) is 0 Å². The zero-order valence-electron chi connectivity index (χ0n) is 11.1. The van der Waals surface area contributed by atoms with Crippen LogP contribution >= 0.6 is 0 Å². The molecule has 98 valence electrons. The van der Waals surface area contributed by atoms with Gasteiger partial charge in [0.05, 0.1) is 0 Å². The molecule has 0 aromatic heterocycles. The summed E-state index contributed by atoms with van der Waals surface area (Å²) in [6, 6.07) is 14.3. The fourth-order valence-corrected chi connectivity index (χ4v) is 2.58. The van der Waals surface area contributed by atoms with Gasteiger partial charge in [-0.1, -0.05) is 18.2 Å². The average Bonchev–Trinajstić information content (AvgIpc) is 2.46. The molecule has 1 aliphatic carbocycles. The predicted molar refractivity (Wildman–Crippen MR) is 78.3 cm³/mol. The van der Waals surface area contributed by atoms with Gasteiger partial charge in [-0.3, -0.25) is 0 Å². The standard InChI is InChI=1S/C17H19NO/c18-16-8-5-13(6-9-16)12-19-17-10-7-14-3-1-2-4-15(14)11-17/h5-11H,1-4,12,18H2. The Kier molecular flexibility index (Phi) is 3.41. The third-order valence-corrected chi connectivity index (χ3v) is 3.71. The van der Waals surface area contributed by atoms with E-state index in [2.05, 4.69) is 18.2 Å². The number of rotatable bonds is 3. The number of anilines is 1. The molecule has 0 bridgehead atoms. The van der Waals surface area contributed by atoms with Crippen LogP contribution in [0.2, 0.25) is 0 Å². The van der Waals surface area contributed by atoms with E-state index in [9.17, 15) is 0 Å². The average molecular weight is 253 g/mol. The molecule has 2 aromatic rings. The lowest BCUT2D eigenvalue weighted by Gasteiger charge is -2.16. The Morgan fingerprint density at radius 1 is 0.895 bits per heavy atom. The summed E-state index contributed by atoms with van der Waals surface area (Å²) in [5.41, 5.74) is 10.6. The molecule has 19 heavy (non-hydrogen) atoms. The van der Waals surface area contributed by atoms with E-state index in [1.54, 1.807) is 0 Å². The maximum Gasteiger partial charge on any atom is 0.120 e. The van der Waals surface area contributed by atoms with Gasteiger partial charge in [0, 0.05) is 5.69 Å². The molecular weight excluding hydrogens is 234 g/mol. The summed E-state index contributed by atoms with van der Waals surface area (Å²) in [6.45, 7) is 0.596. The first-order valence-electron chi connectivity index (χ1n) is 6.90. The topological polar surface area (TPSA) is 35.2 Å². The Balaban J connectivity index is 1.68. The van der Waals surface area contributed by atoms with Gasteiger partial charge < -0.3 is 10.5 Å². The van der Waals surface area contributed by atoms with Crippen molar-refractivity contribution in [3.05, 3.63) is 59.2 Å². The summed E-state index contributed by atoms with van der Waals surface area (Å²) in [5, 5.41) is 0. The van der Waals surface area contributed by atoms with E-state index < -0.39 is 0 Å². The zero-order chi connectivity index (χ0) is 13.1. The minimum absolute atomic E-state index is 0.596. The van der Waals surface area contributed by atoms with E-state index >= 15 is 0 Å². The lowest BCUT2D eigenvalue weighted by atomic mass is 9.92. The van der Waals surface area contributed by atoms with Crippen molar-refractivity contribution in [2.75, 3.05) is 5.73 Å². The number of fused-ring (bicyclic) bond motifs is 1. The van der Waals surface area contributed by atoms with Crippen molar-refractivity contribution in [2.45, 2.75) is 32.3 Å². The van der Waals surface area contributed by atoms with Crippen LogP contribution in [0, 0.1) is 0 Å². The van der Waals surface area contributed by atoms with E-state index in [4.69, 9.17) is 10.5 Å². The molecule has 2 aromatic carbocycles. The van der Waals surface area contributed by atoms with Gasteiger partial charge in [-0.15, -0.1) is 0 Å². The van der Waals surface area contributed by atoms with Crippen molar-refractivity contribution in [1.29, 1.82) is 0 Å². The number of ether oxygens (including phenoxy) is 1. The molecule has 0 fully saturated rings. The zero-order valence-corrected chi connectivity index (χ0v) is 11.1. The van der Waals surface area contributed by atoms with E-state index in [0.29, 0.717) is 6.61 Å². The van der Waals surface area contributed by atoms with Crippen LogP contribution in [-0.2, 0) is 19.4 Å². The summed E-state index contributed by atoms with van der Waals surface area (Å²) in [5.74, 6) is 0.970. The summed E-state index contributed by atoms with van der Waals surface area (Å²) >= 11 is 0. The number of nitrogen functional groups attached to an aromatic ring is 1. The highest BCUT2D eigenvalue weighted by Crippen LogP contribution is 2.25. The number of hydrogen-bond acceptors (Lipinski definition) is 2. The van der Waals surface area contributed by atoms with Crippen molar-refractivity contribution >= 4 is 5.69 Å². The Morgan fingerprint density at radius 3 is 2.42 bits per heavy atom. The number of aryl methyl sites for hydroxylation is 2. The molecule has 0 aliphatic heterocycles. The molecular formula is C17H19NO.